The minimum absolute atomic E-state index is 0.0640. The minimum atomic E-state index is -0.0640. The summed E-state index contributed by atoms with van der Waals surface area (Å²) in [4.78, 5) is 10.9. The Labute approximate surface area is 93.4 Å². The van der Waals surface area contributed by atoms with E-state index in [1.807, 2.05) is 0 Å². The number of hydrogen-bond donors (Lipinski definition) is 0. The average Bonchev–Trinajstić information content (AvgIpc) is 2.29. The fourth-order valence-corrected chi connectivity index (χ4v) is 2.61. The van der Waals surface area contributed by atoms with E-state index in [-0.39, 0.29) is 5.97 Å². The zero-order valence-electron chi connectivity index (χ0n) is 10.1. The van der Waals surface area contributed by atoms with Crippen molar-refractivity contribution in [2.75, 3.05) is 7.11 Å². The molecule has 1 fully saturated rings. The Morgan fingerprint density at radius 1 is 1.33 bits per heavy atom. The summed E-state index contributed by atoms with van der Waals surface area (Å²) in [5.74, 6) is 1.64. The van der Waals surface area contributed by atoms with Crippen LogP contribution in [0.5, 0.6) is 0 Å². The third-order valence-corrected chi connectivity index (χ3v) is 3.72. The molecular weight excluding hydrogens is 188 g/mol. The monoisotopic (exact) mass is 212 g/mol. The van der Waals surface area contributed by atoms with Crippen LogP contribution in [-0.2, 0) is 9.53 Å². The lowest BCUT2D eigenvalue weighted by Crippen LogP contribution is -2.15. The van der Waals surface area contributed by atoms with E-state index in [9.17, 15) is 4.79 Å². The number of carbonyl (C=O) groups is 1. The van der Waals surface area contributed by atoms with Gasteiger partial charge in [0.1, 0.15) is 0 Å². The molecule has 0 N–H and O–H groups in total. The molecular formula is C13H24O2. The van der Waals surface area contributed by atoms with Crippen LogP contribution in [0, 0.1) is 11.8 Å². The van der Waals surface area contributed by atoms with Crippen molar-refractivity contribution < 1.29 is 9.53 Å². The molecule has 0 spiro atoms. The third-order valence-electron chi connectivity index (χ3n) is 3.72. The first-order valence-corrected chi connectivity index (χ1v) is 6.31. The van der Waals surface area contributed by atoms with Crippen LogP contribution in [0.25, 0.3) is 0 Å². The third kappa shape index (κ3) is 4.67. The van der Waals surface area contributed by atoms with Gasteiger partial charge in [-0.3, -0.25) is 4.79 Å². The van der Waals surface area contributed by atoms with Crippen molar-refractivity contribution in [2.24, 2.45) is 11.8 Å². The van der Waals surface area contributed by atoms with Crippen molar-refractivity contribution in [1.82, 2.24) is 0 Å². The molecule has 1 atom stereocenters. The van der Waals surface area contributed by atoms with Crippen LogP contribution in [0.4, 0.5) is 0 Å². The summed E-state index contributed by atoms with van der Waals surface area (Å²) in [6, 6.07) is 0. The van der Waals surface area contributed by atoms with Gasteiger partial charge in [0.15, 0.2) is 0 Å². The van der Waals surface area contributed by atoms with E-state index < -0.39 is 0 Å². The Bertz CT molecular complexity index is 183. The standard InChI is InChI=1S/C13H24O2/c1-11(7-6-10-13(14)15-2)12-8-4-3-5-9-12/h11-12H,3-10H2,1-2H3. The zero-order chi connectivity index (χ0) is 11.1. The number of hydrogen-bond acceptors (Lipinski definition) is 2. The van der Waals surface area contributed by atoms with Crippen LogP contribution in [0.2, 0.25) is 0 Å². The fraction of sp³-hybridized carbons (Fsp3) is 0.923. The van der Waals surface area contributed by atoms with E-state index in [4.69, 9.17) is 0 Å². The SMILES string of the molecule is COC(=O)CCCC(C)C1CCCCC1. The quantitative estimate of drug-likeness (QED) is 0.651. The van der Waals surface area contributed by atoms with E-state index >= 15 is 0 Å². The Hall–Kier alpha value is -0.530. The second-order valence-electron chi connectivity index (χ2n) is 4.84. The van der Waals surface area contributed by atoms with Crippen LogP contribution in [0.15, 0.2) is 0 Å². The first kappa shape index (κ1) is 12.5. The van der Waals surface area contributed by atoms with Crippen molar-refractivity contribution in [3.05, 3.63) is 0 Å². The van der Waals surface area contributed by atoms with Crippen LogP contribution >= 0.6 is 0 Å². The zero-order valence-corrected chi connectivity index (χ0v) is 10.1. The molecule has 88 valence electrons. The van der Waals surface area contributed by atoms with Gasteiger partial charge < -0.3 is 4.74 Å². The maximum Gasteiger partial charge on any atom is 0.305 e. The van der Waals surface area contributed by atoms with Gasteiger partial charge >= 0.3 is 5.97 Å². The minimum Gasteiger partial charge on any atom is -0.469 e. The van der Waals surface area contributed by atoms with Gasteiger partial charge in [-0.1, -0.05) is 39.0 Å². The van der Waals surface area contributed by atoms with Gasteiger partial charge in [-0.25, -0.2) is 0 Å². The van der Waals surface area contributed by atoms with Crippen molar-refractivity contribution >= 4 is 5.97 Å². The maximum absolute atomic E-state index is 10.9. The highest BCUT2D eigenvalue weighted by Crippen LogP contribution is 2.32. The van der Waals surface area contributed by atoms with Gasteiger partial charge in [-0.2, -0.15) is 0 Å². The van der Waals surface area contributed by atoms with E-state index in [0.717, 1.165) is 18.3 Å². The molecule has 0 saturated heterocycles. The van der Waals surface area contributed by atoms with Crippen molar-refractivity contribution in [3.63, 3.8) is 0 Å². The molecule has 0 radical (unpaired) electrons. The van der Waals surface area contributed by atoms with Crippen molar-refractivity contribution in [1.29, 1.82) is 0 Å². The molecule has 0 bridgehead atoms. The summed E-state index contributed by atoms with van der Waals surface area (Å²) in [6.07, 6.45) is 9.81. The molecule has 15 heavy (non-hydrogen) atoms. The molecule has 2 nitrogen and oxygen atoms in total. The Balaban J connectivity index is 2.11. The second kappa shape index (κ2) is 6.86. The molecule has 0 aliphatic heterocycles. The Kier molecular flexibility index (Phi) is 5.74. The second-order valence-corrected chi connectivity index (χ2v) is 4.84. The molecule has 1 saturated carbocycles. The lowest BCUT2D eigenvalue weighted by atomic mass is 9.79. The molecule has 0 aromatic heterocycles. The van der Waals surface area contributed by atoms with Crippen molar-refractivity contribution in [2.45, 2.75) is 58.3 Å². The largest absolute Gasteiger partial charge is 0.469 e. The van der Waals surface area contributed by atoms with Crippen LogP contribution in [0.1, 0.15) is 58.3 Å². The Morgan fingerprint density at radius 3 is 2.60 bits per heavy atom. The summed E-state index contributed by atoms with van der Waals surface area (Å²) in [7, 11) is 1.47. The molecule has 1 aliphatic rings. The smallest absolute Gasteiger partial charge is 0.305 e. The molecule has 2 heteroatoms. The fourth-order valence-electron chi connectivity index (χ4n) is 2.61. The molecule has 1 aliphatic carbocycles. The van der Waals surface area contributed by atoms with Crippen LogP contribution < -0.4 is 0 Å². The van der Waals surface area contributed by atoms with E-state index in [0.29, 0.717) is 6.42 Å². The lowest BCUT2D eigenvalue weighted by Gasteiger charge is -2.27. The predicted molar refractivity (Wildman–Crippen MR) is 61.6 cm³/mol. The van der Waals surface area contributed by atoms with Gasteiger partial charge in [0.25, 0.3) is 0 Å². The van der Waals surface area contributed by atoms with Crippen LogP contribution in [0.3, 0.4) is 0 Å². The van der Waals surface area contributed by atoms with E-state index in [2.05, 4.69) is 11.7 Å². The van der Waals surface area contributed by atoms with Gasteiger partial charge in [0, 0.05) is 6.42 Å². The van der Waals surface area contributed by atoms with E-state index in [1.165, 1.54) is 45.6 Å². The van der Waals surface area contributed by atoms with Crippen molar-refractivity contribution in [3.8, 4) is 0 Å². The van der Waals surface area contributed by atoms with Gasteiger partial charge in [-0.05, 0) is 24.7 Å². The summed E-state index contributed by atoms with van der Waals surface area (Å²) < 4.78 is 4.64. The highest BCUT2D eigenvalue weighted by atomic mass is 16.5. The topological polar surface area (TPSA) is 26.3 Å². The highest BCUT2D eigenvalue weighted by molar-refractivity contribution is 5.68. The molecule has 1 rings (SSSR count). The molecule has 1 unspecified atom stereocenters. The average molecular weight is 212 g/mol. The summed E-state index contributed by atoms with van der Waals surface area (Å²) in [5, 5.41) is 0. The molecule has 0 aromatic carbocycles. The Morgan fingerprint density at radius 2 is 2.00 bits per heavy atom. The van der Waals surface area contributed by atoms with Gasteiger partial charge in [0.2, 0.25) is 0 Å². The summed E-state index contributed by atoms with van der Waals surface area (Å²) in [6.45, 7) is 2.34. The normalized spacial score (nSPS) is 19.9. The number of carbonyl (C=O) groups excluding carboxylic acids is 1. The number of esters is 1. The first-order valence-electron chi connectivity index (χ1n) is 6.31. The number of methoxy groups -OCH3 is 1. The van der Waals surface area contributed by atoms with Gasteiger partial charge in [0.05, 0.1) is 7.11 Å². The number of rotatable bonds is 5. The lowest BCUT2D eigenvalue weighted by molar-refractivity contribution is -0.140. The van der Waals surface area contributed by atoms with E-state index in [1.54, 1.807) is 0 Å². The molecule has 0 aromatic rings. The first-order chi connectivity index (χ1) is 7.24. The molecule has 0 heterocycles. The maximum atomic E-state index is 10.9. The van der Waals surface area contributed by atoms with Gasteiger partial charge in [-0.15, -0.1) is 0 Å². The number of ether oxygens (including phenoxy) is 1. The highest BCUT2D eigenvalue weighted by Gasteiger charge is 2.19. The van der Waals surface area contributed by atoms with Crippen LogP contribution in [-0.4, -0.2) is 13.1 Å². The summed E-state index contributed by atoms with van der Waals surface area (Å²) >= 11 is 0. The summed E-state index contributed by atoms with van der Waals surface area (Å²) in [5.41, 5.74) is 0. The predicted octanol–water partition coefficient (Wildman–Crippen LogP) is 3.55. The molecule has 0 amide bonds.